The Hall–Kier alpha value is -6.61. The molecule has 2 aliphatic rings. The van der Waals surface area contributed by atoms with Crippen LogP contribution < -0.4 is 16.0 Å². The monoisotopic (exact) mass is 848 g/mol. The Bertz CT molecular complexity index is 2970. The Labute approximate surface area is 357 Å². The Morgan fingerprint density at radius 2 is 1.37 bits per heavy atom. The normalized spacial score (nSPS) is 19.7. The molecule has 2 amide bonds. The summed E-state index contributed by atoms with van der Waals surface area (Å²) < 4.78 is 26.4. The predicted molar refractivity (Wildman–Crippen MR) is 237 cm³/mol. The molecule has 0 unspecified atom stereocenters. The Morgan fingerprint density at radius 3 is 1.98 bits per heavy atom. The van der Waals surface area contributed by atoms with Crippen molar-refractivity contribution in [1.29, 1.82) is 0 Å². The minimum Gasteiger partial charge on any atom is -0.395 e. The number of carbonyl (C=O) groups is 2. The van der Waals surface area contributed by atoms with Gasteiger partial charge < -0.3 is 23.8 Å². The Balaban J connectivity index is 1.11. The van der Waals surface area contributed by atoms with E-state index in [1.807, 2.05) is 73.7 Å². The molecule has 9 rings (SSSR count). The molecule has 1 saturated heterocycles. The fourth-order valence-corrected chi connectivity index (χ4v) is 12.0. The van der Waals surface area contributed by atoms with Crippen molar-refractivity contribution >= 4 is 47.5 Å². The third-order valence-corrected chi connectivity index (χ3v) is 14.9. The van der Waals surface area contributed by atoms with Crippen LogP contribution >= 0.6 is 0 Å². The van der Waals surface area contributed by atoms with E-state index in [0.29, 0.717) is 38.8 Å². The van der Waals surface area contributed by atoms with Gasteiger partial charge in [-0.15, -0.1) is 0 Å². The van der Waals surface area contributed by atoms with Crippen molar-refractivity contribution in [3.8, 4) is 11.4 Å². The van der Waals surface area contributed by atoms with Crippen LogP contribution in [0, 0.1) is 5.92 Å². The number of carbonyl (C=O) groups excluding carboxylic acids is 2. The number of halogens is 1. The molecule has 7 aromatic rings. The number of hydrogen-bond acceptors (Lipinski definition) is 8. The highest BCUT2D eigenvalue weighted by molar-refractivity contribution is 6.72. The van der Waals surface area contributed by atoms with Crippen molar-refractivity contribution in [3.05, 3.63) is 171 Å². The molecule has 14 heteroatoms. The predicted octanol–water partition coefficient (Wildman–Crippen LogP) is 6.82. The molecule has 2 aromatic heterocycles. The van der Waals surface area contributed by atoms with Gasteiger partial charge in [0, 0.05) is 40.9 Å². The van der Waals surface area contributed by atoms with Crippen LogP contribution in [0.2, 0.25) is 18.6 Å². The van der Waals surface area contributed by atoms with Crippen LogP contribution in [0.4, 0.5) is 9.80 Å². The molecule has 0 saturated carbocycles. The summed E-state index contributed by atoms with van der Waals surface area (Å²) in [6.07, 6.45) is 2.07. The molecule has 0 aliphatic carbocycles. The fraction of sp³-hybridized carbons (Fsp3) is 0.250. The smallest absolute Gasteiger partial charge is 0.279 e. The van der Waals surface area contributed by atoms with E-state index in [1.54, 1.807) is 85.0 Å². The maximum atomic E-state index is 16.8. The number of aromatic nitrogens is 4. The van der Waals surface area contributed by atoms with Gasteiger partial charge in [0.15, 0.2) is 5.60 Å². The highest BCUT2D eigenvalue weighted by atomic mass is 28.4. The van der Waals surface area contributed by atoms with Gasteiger partial charge in [0.25, 0.3) is 17.0 Å². The lowest BCUT2D eigenvalue weighted by Crippen LogP contribution is -2.45. The number of benzene rings is 5. The SMILES string of the molecule is C[C@@H]1[C@@H]([Si](C)(C)F)[C@H](CC(=O)N(CCO)Cc2ccccc2)O[C@@]12C(=O)N(Cc1ccc(-n3ncc4ccccc4c3=O)cc1)c1ccc(-n3ncc4ccccc4c3=O)cc12. The maximum Gasteiger partial charge on any atom is 0.279 e. The van der Waals surface area contributed by atoms with Crippen molar-refractivity contribution in [1.82, 2.24) is 24.5 Å². The number of anilines is 1. The van der Waals surface area contributed by atoms with Gasteiger partial charge in [0.2, 0.25) is 14.3 Å². The molecule has 1 fully saturated rings. The van der Waals surface area contributed by atoms with E-state index in [9.17, 15) is 19.5 Å². The van der Waals surface area contributed by atoms with Crippen LogP contribution in [0.1, 0.15) is 30.0 Å². The topological polar surface area (TPSA) is 140 Å². The van der Waals surface area contributed by atoms with Gasteiger partial charge in [-0.2, -0.15) is 19.6 Å². The summed E-state index contributed by atoms with van der Waals surface area (Å²) in [7, 11) is -3.68. The number of hydrogen-bond donors (Lipinski definition) is 1. The summed E-state index contributed by atoms with van der Waals surface area (Å²) >= 11 is 0. The van der Waals surface area contributed by atoms with Crippen LogP contribution in [0.15, 0.2) is 143 Å². The van der Waals surface area contributed by atoms with Crippen molar-refractivity contribution in [2.45, 2.75) is 56.8 Å². The van der Waals surface area contributed by atoms with E-state index < -0.39 is 37.5 Å². The number of amides is 2. The third kappa shape index (κ3) is 7.03. The average Bonchev–Trinajstić information content (AvgIpc) is 3.70. The highest BCUT2D eigenvalue weighted by Gasteiger charge is 2.67. The second-order valence-corrected chi connectivity index (χ2v) is 20.5. The fourth-order valence-electron chi connectivity index (χ4n) is 9.52. The van der Waals surface area contributed by atoms with Gasteiger partial charge in [0.05, 0.1) is 65.9 Å². The van der Waals surface area contributed by atoms with E-state index in [2.05, 4.69) is 10.2 Å². The average molecular weight is 849 g/mol. The number of nitrogens with zero attached hydrogens (tertiary/aromatic N) is 6. The first-order valence-electron chi connectivity index (χ1n) is 20.7. The Morgan fingerprint density at radius 1 is 0.790 bits per heavy atom. The van der Waals surface area contributed by atoms with Crippen molar-refractivity contribution in [3.63, 3.8) is 0 Å². The first-order chi connectivity index (χ1) is 29.9. The molecular formula is C48H45FN6O6Si. The van der Waals surface area contributed by atoms with Gasteiger partial charge >= 0.3 is 0 Å². The molecule has 12 nitrogen and oxygen atoms in total. The molecule has 4 heterocycles. The molecule has 4 atom stereocenters. The van der Waals surface area contributed by atoms with E-state index in [4.69, 9.17) is 4.74 Å². The summed E-state index contributed by atoms with van der Waals surface area (Å²) in [5.74, 6) is -1.47. The Kier molecular flexibility index (Phi) is 10.5. The molecule has 314 valence electrons. The van der Waals surface area contributed by atoms with Crippen molar-refractivity contribution in [2.24, 2.45) is 5.92 Å². The maximum absolute atomic E-state index is 16.8. The van der Waals surface area contributed by atoms with Crippen LogP contribution in [-0.4, -0.2) is 69.0 Å². The van der Waals surface area contributed by atoms with Crippen LogP contribution in [0.5, 0.6) is 0 Å². The second-order valence-electron chi connectivity index (χ2n) is 16.7. The first kappa shape index (κ1) is 40.8. The number of fused-ring (bicyclic) bond motifs is 4. The second kappa shape index (κ2) is 16.0. The largest absolute Gasteiger partial charge is 0.395 e. The summed E-state index contributed by atoms with van der Waals surface area (Å²) in [6.45, 7) is 5.12. The minimum absolute atomic E-state index is 0.0685. The zero-order valence-corrected chi connectivity index (χ0v) is 35.5. The lowest BCUT2D eigenvalue weighted by molar-refractivity contribution is -0.150. The van der Waals surface area contributed by atoms with Crippen molar-refractivity contribution < 1.29 is 23.5 Å². The van der Waals surface area contributed by atoms with Gasteiger partial charge in [-0.3, -0.25) is 19.2 Å². The molecule has 5 aromatic carbocycles. The molecule has 62 heavy (non-hydrogen) atoms. The lowest BCUT2D eigenvalue weighted by atomic mass is 9.82. The number of aliphatic hydroxyl groups excluding tert-OH is 1. The minimum atomic E-state index is -3.68. The molecule has 0 radical (unpaired) electrons. The zero-order valence-electron chi connectivity index (χ0n) is 34.5. The molecule has 1 spiro atoms. The third-order valence-electron chi connectivity index (χ3n) is 12.4. The molecule has 1 N–H and O–H groups in total. The van der Waals surface area contributed by atoms with Gasteiger partial charge in [0.1, 0.15) is 0 Å². The van der Waals surface area contributed by atoms with Gasteiger partial charge in [-0.25, -0.2) is 0 Å². The van der Waals surface area contributed by atoms with Crippen molar-refractivity contribution in [2.75, 3.05) is 18.1 Å². The van der Waals surface area contributed by atoms with E-state index >= 15 is 8.90 Å². The van der Waals surface area contributed by atoms with Gasteiger partial charge in [-0.1, -0.05) is 85.8 Å². The molecular weight excluding hydrogens is 804 g/mol. The van der Waals surface area contributed by atoms with Crippen LogP contribution in [0.25, 0.3) is 32.9 Å². The molecule has 2 aliphatic heterocycles. The summed E-state index contributed by atoms with van der Waals surface area (Å²) in [6, 6.07) is 36.2. The number of rotatable bonds is 11. The zero-order chi connectivity index (χ0) is 43.3. The van der Waals surface area contributed by atoms with E-state index in [-0.39, 0.29) is 49.7 Å². The summed E-state index contributed by atoms with van der Waals surface area (Å²) in [4.78, 5) is 59.9. The highest BCUT2D eigenvalue weighted by Crippen LogP contribution is 2.60. The summed E-state index contributed by atoms with van der Waals surface area (Å²) in [5, 5.41) is 21.3. The quantitative estimate of drug-likeness (QED) is 0.111. The van der Waals surface area contributed by atoms with Crippen LogP contribution in [-0.2, 0) is 33.0 Å². The number of aliphatic hydroxyl groups is 1. The first-order valence-corrected chi connectivity index (χ1v) is 23.6. The van der Waals surface area contributed by atoms with Crippen LogP contribution in [0.3, 0.4) is 0 Å². The molecule has 0 bridgehead atoms. The lowest BCUT2D eigenvalue weighted by Gasteiger charge is -2.31. The number of ether oxygens (including phenoxy) is 1. The van der Waals surface area contributed by atoms with E-state index in [1.165, 1.54) is 14.3 Å². The standard InChI is InChI=1S/C48H45FN6O6Si/c1-31-44(62(2,3)49)42(26-43(57)52(23-24-56)29-32-11-5-4-6-12-32)61-48(31)40-25-37(55-46(59)39-16-10-8-14-35(39)28-51-55)21-22-41(40)53(47(48)60)30-33-17-19-36(20-18-33)54-45(58)38-15-9-7-13-34(38)27-50-54/h4-22,25,27-28,31,42,44,56H,23-24,26,29-30H2,1-3H3/t31-,42+,44-,48+/m1/s1. The van der Waals surface area contributed by atoms with E-state index in [0.717, 1.165) is 16.5 Å². The van der Waals surface area contributed by atoms with Gasteiger partial charge in [-0.05, 0) is 66.7 Å². The summed E-state index contributed by atoms with van der Waals surface area (Å²) in [5.41, 5.74) is 0.418.